The Morgan fingerprint density at radius 2 is 1.90 bits per heavy atom. The summed E-state index contributed by atoms with van der Waals surface area (Å²) >= 11 is 0. The molecule has 1 atom stereocenters. The highest BCUT2D eigenvalue weighted by molar-refractivity contribution is 5.74. The molecule has 2 fully saturated rings. The van der Waals surface area contributed by atoms with Gasteiger partial charge < -0.3 is 25.0 Å². The lowest BCUT2D eigenvalue weighted by Gasteiger charge is -2.41. The Bertz CT molecular complexity index is 658. The van der Waals surface area contributed by atoms with E-state index < -0.39 is 0 Å². The van der Waals surface area contributed by atoms with E-state index in [1.807, 2.05) is 24.0 Å². The van der Waals surface area contributed by atoms with Crippen LogP contribution in [0.1, 0.15) is 58.3 Å². The monoisotopic (exact) mass is 417 g/mol. The van der Waals surface area contributed by atoms with Gasteiger partial charge in [-0.2, -0.15) is 0 Å². The van der Waals surface area contributed by atoms with Crippen LogP contribution in [0.2, 0.25) is 0 Å². The van der Waals surface area contributed by atoms with Gasteiger partial charge in [0.1, 0.15) is 5.75 Å². The minimum atomic E-state index is -0.0398. The van der Waals surface area contributed by atoms with Gasteiger partial charge in [0.2, 0.25) is 0 Å². The third-order valence-electron chi connectivity index (χ3n) is 6.85. The average Bonchev–Trinajstić information content (AvgIpc) is 2.92. The van der Waals surface area contributed by atoms with E-state index in [4.69, 9.17) is 9.84 Å². The van der Waals surface area contributed by atoms with Gasteiger partial charge in [-0.3, -0.25) is 0 Å². The molecule has 3 rings (SSSR count). The van der Waals surface area contributed by atoms with Crippen LogP contribution in [-0.2, 0) is 0 Å². The second-order valence-electron chi connectivity index (χ2n) is 8.98. The number of likely N-dealkylation sites (tertiary alicyclic amines) is 1. The van der Waals surface area contributed by atoms with Crippen molar-refractivity contribution in [1.82, 2.24) is 10.2 Å². The van der Waals surface area contributed by atoms with Crippen LogP contribution >= 0.6 is 0 Å². The Morgan fingerprint density at radius 3 is 2.57 bits per heavy atom. The molecule has 6 heteroatoms. The summed E-state index contributed by atoms with van der Waals surface area (Å²) in [6.07, 6.45) is 9.93. The largest absolute Gasteiger partial charge is 0.494 e. The normalized spacial score (nSPS) is 21.2. The number of urea groups is 1. The van der Waals surface area contributed by atoms with Gasteiger partial charge in [-0.1, -0.05) is 19.3 Å². The summed E-state index contributed by atoms with van der Waals surface area (Å²) in [7, 11) is 2.11. The number of aliphatic hydroxyl groups is 1. The van der Waals surface area contributed by atoms with E-state index in [0.717, 1.165) is 37.4 Å². The molecule has 1 aromatic carbocycles. The number of rotatable bonds is 7. The molecule has 1 spiro atoms. The average molecular weight is 418 g/mol. The van der Waals surface area contributed by atoms with E-state index in [1.54, 1.807) is 0 Å². The van der Waals surface area contributed by atoms with Crippen LogP contribution in [0.4, 0.5) is 10.5 Å². The lowest BCUT2D eigenvalue weighted by Crippen LogP contribution is -2.51. The summed E-state index contributed by atoms with van der Waals surface area (Å²) in [5.74, 6) is 0.885. The fraction of sp³-hybridized carbons (Fsp3) is 0.708. The van der Waals surface area contributed by atoms with E-state index in [1.165, 1.54) is 38.5 Å². The van der Waals surface area contributed by atoms with Gasteiger partial charge >= 0.3 is 6.03 Å². The number of hydrogen-bond donors (Lipinski definition) is 2. The number of likely N-dealkylation sites (N-methyl/N-ethyl adjacent to an activating group) is 1. The number of nitrogens with zero attached hydrogens (tertiary/aromatic N) is 2. The van der Waals surface area contributed by atoms with Crippen molar-refractivity contribution >= 4 is 11.7 Å². The van der Waals surface area contributed by atoms with Gasteiger partial charge in [0.15, 0.2) is 0 Å². The molecule has 1 aliphatic carbocycles. The van der Waals surface area contributed by atoms with Crippen molar-refractivity contribution in [2.45, 2.75) is 64.3 Å². The fourth-order valence-corrected chi connectivity index (χ4v) is 5.35. The van der Waals surface area contributed by atoms with Gasteiger partial charge in [-0.25, -0.2) is 4.79 Å². The third-order valence-corrected chi connectivity index (χ3v) is 6.85. The second kappa shape index (κ2) is 10.9. The number of carbonyl (C=O) groups excluding carboxylic acids is 1. The van der Waals surface area contributed by atoms with Crippen molar-refractivity contribution in [1.29, 1.82) is 0 Å². The zero-order valence-electron chi connectivity index (χ0n) is 18.7. The first-order valence-electron chi connectivity index (χ1n) is 11.7. The van der Waals surface area contributed by atoms with Crippen molar-refractivity contribution < 1.29 is 14.6 Å². The molecule has 168 valence electrons. The molecule has 2 amide bonds. The van der Waals surface area contributed by atoms with Crippen LogP contribution in [0.15, 0.2) is 24.3 Å². The van der Waals surface area contributed by atoms with Crippen molar-refractivity contribution in [3.05, 3.63) is 24.3 Å². The number of anilines is 1. The summed E-state index contributed by atoms with van der Waals surface area (Å²) in [6.45, 7) is 4.53. The molecule has 2 N–H and O–H groups in total. The molecule has 2 aliphatic rings. The Kier molecular flexibility index (Phi) is 8.25. The molecule has 6 nitrogen and oxygen atoms in total. The Morgan fingerprint density at radius 1 is 1.20 bits per heavy atom. The van der Waals surface area contributed by atoms with Crippen molar-refractivity contribution in [2.24, 2.45) is 5.41 Å². The van der Waals surface area contributed by atoms with E-state index in [9.17, 15) is 4.79 Å². The van der Waals surface area contributed by atoms with Crippen LogP contribution in [0, 0.1) is 5.41 Å². The summed E-state index contributed by atoms with van der Waals surface area (Å²) in [5, 5.41) is 12.0. The number of benzene rings is 1. The zero-order chi connectivity index (χ0) is 21.4. The highest BCUT2D eigenvalue weighted by atomic mass is 16.5. The Labute approximate surface area is 181 Å². The smallest absolute Gasteiger partial charge is 0.317 e. The van der Waals surface area contributed by atoms with E-state index in [-0.39, 0.29) is 18.7 Å². The molecular weight excluding hydrogens is 378 g/mol. The first-order chi connectivity index (χ1) is 14.6. The Balaban J connectivity index is 1.75. The minimum Gasteiger partial charge on any atom is -0.494 e. The lowest BCUT2D eigenvalue weighted by molar-refractivity contribution is 0.127. The van der Waals surface area contributed by atoms with Crippen LogP contribution in [0.25, 0.3) is 0 Å². The van der Waals surface area contributed by atoms with Crippen LogP contribution < -0.4 is 15.0 Å². The van der Waals surface area contributed by atoms with Crippen molar-refractivity contribution in [2.75, 3.05) is 44.8 Å². The number of amides is 2. The van der Waals surface area contributed by atoms with Gasteiger partial charge in [0.05, 0.1) is 19.3 Å². The maximum absolute atomic E-state index is 12.9. The first kappa shape index (κ1) is 22.7. The molecule has 1 unspecified atom stereocenters. The molecule has 30 heavy (non-hydrogen) atoms. The summed E-state index contributed by atoms with van der Waals surface area (Å²) in [6, 6.07) is 8.33. The molecule has 1 heterocycles. The van der Waals surface area contributed by atoms with Gasteiger partial charge in [-0.05, 0) is 68.7 Å². The van der Waals surface area contributed by atoms with Gasteiger partial charge in [0.25, 0.3) is 0 Å². The third kappa shape index (κ3) is 5.81. The molecular formula is C24H39N3O3. The van der Waals surface area contributed by atoms with Crippen LogP contribution in [0.3, 0.4) is 0 Å². The maximum Gasteiger partial charge on any atom is 0.317 e. The van der Waals surface area contributed by atoms with Crippen LogP contribution in [-0.4, -0.2) is 62.0 Å². The highest BCUT2D eigenvalue weighted by Gasteiger charge is 2.40. The molecule has 0 aromatic heterocycles. The van der Waals surface area contributed by atoms with Gasteiger partial charge in [0, 0.05) is 32.4 Å². The standard InChI is InChI=1S/C24H39N3O3/c1-3-30-22-10-8-20(9-11-22)26(2)19-21-18-24(12-5-4-6-13-24)14-7-16-27(21)23(29)25-15-17-28/h8-11,21,28H,3-7,12-19H2,1-2H3,(H,25,29). The number of aliphatic hydroxyl groups excluding tert-OH is 1. The van der Waals surface area contributed by atoms with E-state index in [2.05, 4.69) is 29.4 Å². The van der Waals surface area contributed by atoms with Crippen molar-refractivity contribution in [3.8, 4) is 5.75 Å². The maximum atomic E-state index is 12.9. The van der Waals surface area contributed by atoms with E-state index in [0.29, 0.717) is 18.6 Å². The quantitative estimate of drug-likeness (QED) is 0.703. The molecule has 1 saturated heterocycles. The first-order valence-corrected chi connectivity index (χ1v) is 11.7. The van der Waals surface area contributed by atoms with Gasteiger partial charge in [-0.15, -0.1) is 0 Å². The SMILES string of the molecule is CCOc1ccc(N(C)CC2CC3(CCCCC3)CCCN2C(=O)NCCO)cc1. The number of nitrogens with one attached hydrogen (secondary N) is 1. The summed E-state index contributed by atoms with van der Waals surface area (Å²) < 4.78 is 5.57. The lowest BCUT2D eigenvalue weighted by atomic mass is 9.68. The summed E-state index contributed by atoms with van der Waals surface area (Å²) in [5.41, 5.74) is 1.52. The fourth-order valence-electron chi connectivity index (χ4n) is 5.35. The second-order valence-corrected chi connectivity index (χ2v) is 8.98. The predicted molar refractivity (Wildman–Crippen MR) is 121 cm³/mol. The molecule has 0 radical (unpaired) electrons. The topological polar surface area (TPSA) is 65.0 Å². The summed E-state index contributed by atoms with van der Waals surface area (Å²) in [4.78, 5) is 17.2. The molecule has 0 bridgehead atoms. The highest BCUT2D eigenvalue weighted by Crippen LogP contribution is 2.46. The van der Waals surface area contributed by atoms with E-state index >= 15 is 0 Å². The Hall–Kier alpha value is -1.95. The number of ether oxygens (including phenoxy) is 1. The molecule has 1 aromatic rings. The van der Waals surface area contributed by atoms with Crippen molar-refractivity contribution in [3.63, 3.8) is 0 Å². The molecule has 1 aliphatic heterocycles. The van der Waals surface area contributed by atoms with Crippen LogP contribution in [0.5, 0.6) is 5.75 Å². The molecule has 1 saturated carbocycles. The number of hydrogen-bond acceptors (Lipinski definition) is 4. The number of carbonyl (C=O) groups is 1. The predicted octanol–water partition coefficient (Wildman–Crippen LogP) is 4.03. The minimum absolute atomic E-state index is 0.0275. The zero-order valence-corrected chi connectivity index (χ0v) is 18.7.